The standard InChI is InChI=1S/C13H17NO2/c1-9(2)12(13(15)16)14-8-11-6-4-10(3)5-7-11/h4-9,12H,1-3H3,(H,15,16)/t12-/m0/s1. The van der Waals surface area contributed by atoms with Crippen LogP contribution >= 0.6 is 0 Å². The Kier molecular flexibility index (Phi) is 4.23. The topological polar surface area (TPSA) is 49.7 Å². The zero-order chi connectivity index (χ0) is 12.1. The van der Waals surface area contributed by atoms with E-state index in [0.29, 0.717) is 0 Å². The number of rotatable bonds is 4. The second-order valence-corrected chi connectivity index (χ2v) is 4.22. The fourth-order valence-corrected chi connectivity index (χ4v) is 1.34. The number of benzene rings is 1. The van der Waals surface area contributed by atoms with Gasteiger partial charge in [0.25, 0.3) is 0 Å². The summed E-state index contributed by atoms with van der Waals surface area (Å²) in [5.41, 5.74) is 2.10. The van der Waals surface area contributed by atoms with E-state index in [-0.39, 0.29) is 5.92 Å². The first-order valence-electron chi connectivity index (χ1n) is 5.33. The van der Waals surface area contributed by atoms with E-state index in [9.17, 15) is 4.79 Å². The van der Waals surface area contributed by atoms with Gasteiger partial charge in [-0.05, 0) is 18.4 Å². The number of aliphatic carboxylic acids is 1. The molecule has 0 unspecified atom stereocenters. The Morgan fingerprint density at radius 3 is 2.31 bits per heavy atom. The molecule has 0 aliphatic heterocycles. The van der Waals surface area contributed by atoms with Crippen molar-refractivity contribution in [2.45, 2.75) is 26.8 Å². The molecule has 1 aromatic rings. The highest BCUT2D eigenvalue weighted by atomic mass is 16.4. The first-order valence-corrected chi connectivity index (χ1v) is 5.33. The molecule has 0 heterocycles. The quantitative estimate of drug-likeness (QED) is 0.791. The van der Waals surface area contributed by atoms with Crippen LogP contribution in [-0.4, -0.2) is 23.3 Å². The van der Waals surface area contributed by atoms with Crippen LogP contribution in [0.4, 0.5) is 0 Å². The van der Waals surface area contributed by atoms with E-state index in [1.165, 1.54) is 5.56 Å². The molecule has 0 saturated carbocycles. The molecule has 1 aromatic carbocycles. The molecule has 0 spiro atoms. The largest absolute Gasteiger partial charge is 0.480 e. The van der Waals surface area contributed by atoms with Crippen molar-refractivity contribution in [2.75, 3.05) is 0 Å². The molecule has 3 heteroatoms. The second kappa shape index (κ2) is 5.45. The van der Waals surface area contributed by atoms with Gasteiger partial charge in [-0.25, -0.2) is 4.79 Å². The lowest BCUT2D eigenvalue weighted by atomic mass is 10.1. The van der Waals surface area contributed by atoms with Gasteiger partial charge < -0.3 is 5.11 Å². The fourth-order valence-electron chi connectivity index (χ4n) is 1.34. The Bertz CT molecular complexity index is 379. The fraction of sp³-hybridized carbons (Fsp3) is 0.385. The van der Waals surface area contributed by atoms with E-state index in [1.54, 1.807) is 6.21 Å². The Balaban J connectivity index is 2.78. The number of hydrogen-bond donors (Lipinski definition) is 1. The van der Waals surface area contributed by atoms with Crippen LogP contribution in [0.25, 0.3) is 0 Å². The van der Waals surface area contributed by atoms with Crippen LogP contribution in [0.1, 0.15) is 25.0 Å². The van der Waals surface area contributed by atoms with E-state index < -0.39 is 12.0 Å². The number of carboxylic acids is 1. The van der Waals surface area contributed by atoms with Gasteiger partial charge in [0.2, 0.25) is 0 Å². The zero-order valence-electron chi connectivity index (χ0n) is 9.84. The van der Waals surface area contributed by atoms with Crippen molar-refractivity contribution < 1.29 is 9.90 Å². The van der Waals surface area contributed by atoms with E-state index in [2.05, 4.69) is 4.99 Å². The molecule has 0 fully saturated rings. The van der Waals surface area contributed by atoms with Gasteiger partial charge in [-0.2, -0.15) is 0 Å². The number of carboxylic acid groups (broad SMARTS) is 1. The molecule has 1 N–H and O–H groups in total. The van der Waals surface area contributed by atoms with Crippen molar-refractivity contribution in [3.05, 3.63) is 35.4 Å². The highest BCUT2D eigenvalue weighted by Gasteiger charge is 2.18. The highest BCUT2D eigenvalue weighted by molar-refractivity contribution is 5.83. The first-order chi connectivity index (χ1) is 7.50. The zero-order valence-corrected chi connectivity index (χ0v) is 9.84. The number of aryl methyl sites for hydroxylation is 1. The molecule has 0 aliphatic carbocycles. The van der Waals surface area contributed by atoms with E-state index in [1.807, 2.05) is 45.0 Å². The molecular formula is C13H17NO2. The summed E-state index contributed by atoms with van der Waals surface area (Å²) in [6.45, 7) is 5.71. The minimum atomic E-state index is -0.877. The van der Waals surface area contributed by atoms with Crippen LogP contribution in [0.15, 0.2) is 29.3 Å². The molecule has 86 valence electrons. The van der Waals surface area contributed by atoms with Gasteiger partial charge in [0.15, 0.2) is 0 Å². The SMILES string of the molecule is Cc1ccc(C=N[C@H](C(=O)O)C(C)C)cc1. The molecule has 1 atom stereocenters. The molecule has 1 rings (SSSR count). The monoisotopic (exact) mass is 219 g/mol. The maximum absolute atomic E-state index is 10.9. The van der Waals surface area contributed by atoms with E-state index in [0.717, 1.165) is 5.56 Å². The van der Waals surface area contributed by atoms with Gasteiger partial charge in [-0.1, -0.05) is 43.7 Å². The molecule has 0 saturated heterocycles. The number of hydrogen-bond acceptors (Lipinski definition) is 2. The Morgan fingerprint density at radius 2 is 1.88 bits per heavy atom. The lowest BCUT2D eigenvalue weighted by Crippen LogP contribution is -2.24. The molecule has 0 aliphatic rings. The molecule has 0 bridgehead atoms. The minimum absolute atomic E-state index is 0.000742. The molecule has 0 amide bonds. The summed E-state index contributed by atoms with van der Waals surface area (Å²) in [6.07, 6.45) is 1.62. The van der Waals surface area contributed by atoms with Gasteiger partial charge >= 0.3 is 5.97 Å². The third-order valence-corrected chi connectivity index (χ3v) is 2.35. The smallest absolute Gasteiger partial charge is 0.328 e. The summed E-state index contributed by atoms with van der Waals surface area (Å²) >= 11 is 0. The van der Waals surface area contributed by atoms with E-state index in [4.69, 9.17) is 5.11 Å². The Morgan fingerprint density at radius 1 is 1.31 bits per heavy atom. The highest BCUT2D eigenvalue weighted by Crippen LogP contribution is 2.07. The van der Waals surface area contributed by atoms with Crippen LogP contribution in [0.5, 0.6) is 0 Å². The van der Waals surface area contributed by atoms with Crippen LogP contribution in [-0.2, 0) is 4.79 Å². The van der Waals surface area contributed by atoms with Gasteiger partial charge in [-0.15, -0.1) is 0 Å². The van der Waals surface area contributed by atoms with Gasteiger partial charge in [0, 0.05) is 6.21 Å². The third kappa shape index (κ3) is 3.50. The maximum Gasteiger partial charge on any atom is 0.328 e. The molecule has 0 aromatic heterocycles. The van der Waals surface area contributed by atoms with Gasteiger partial charge in [-0.3, -0.25) is 4.99 Å². The van der Waals surface area contributed by atoms with Crippen LogP contribution in [0.3, 0.4) is 0 Å². The summed E-state index contributed by atoms with van der Waals surface area (Å²) in [4.78, 5) is 15.0. The average molecular weight is 219 g/mol. The predicted molar refractivity (Wildman–Crippen MR) is 65.0 cm³/mol. The van der Waals surface area contributed by atoms with Crippen molar-refractivity contribution >= 4 is 12.2 Å². The summed E-state index contributed by atoms with van der Waals surface area (Å²) < 4.78 is 0. The van der Waals surface area contributed by atoms with E-state index >= 15 is 0 Å². The molecule has 3 nitrogen and oxygen atoms in total. The summed E-state index contributed by atoms with van der Waals surface area (Å²) in [6, 6.07) is 7.15. The van der Waals surface area contributed by atoms with Crippen molar-refractivity contribution in [2.24, 2.45) is 10.9 Å². The molecular weight excluding hydrogens is 202 g/mol. The number of aliphatic imine (C=N–C) groups is 1. The maximum atomic E-state index is 10.9. The summed E-state index contributed by atoms with van der Waals surface area (Å²) in [7, 11) is 0. The van der Waals surface area contributed by atoms with Crippen LogP contribution < -0.4 is 0 Å². The predicted octanol–water partition coefficient (Wildman–Crippen LogP) is 2.52. The van der Waals surface area contributed by atoms with Crippen molar-refractivity contribution in [1.29, 1.82) is 0 Å². The molecule has 16 heavy (non-hydrogen) atoms. The summed E-state index contributed by atoms with van der Waals surface area (Å²) in [5, 5.41) is 8.95. The normalized spacial score (nSPS) is 13.2. The number of nitrogens with zero attached hydrogens (tertiary/aromatic N) is 1. The second-order valence-electron chi connectivity index (χ2n) is 4.22. The van der Waals surface area contributed by atoms with Crippen molar-refractivity contribution in [1.82, 2.24) is 0 Å². The average Bonchev–Trinajstić information content (AvgIpc) is 2.20. The first kappa shape index (κ1) is 12.4. The van der Waals surface area contributed by atoms with Crippen LogP contribution in [0.2, 0.25) is 0 Å². The third-order valence-electron chi connectivity index (χ3n) is 2.35. The molecule has 0 radical (unpaired) electrons. The van der Waals surface area contributed by atoms with Gasteiger partial charge in [0.1, 0.15) is 6.04 Å². The lowest BCUT2D eigenvalue weighted by molar-refractivity contribution is -0.139. The summed E-state index contributed by atoms with van der Waals surface area (Å²) in [5.74, 6) is -0.877. The lowest BCUT2D eigenvalue weighted by Gasteiger charge is -2.10. The van der Waals surface area contributed by atoms with Crippen molar-refractivity contribution in [3.63, 3.8) is 0 Å². The Labute approximate surface area is 95.8 Å². The van der Waals surface area contributed by atoms with Crippen LogP contribution in [0, 0.1) is 12.8 Å². The minimum Gasteiger partial charge on any atom is -0.480 e. The number of carbonyl (C=O) groups is 1. The van der Waals surface area contributed by atoms with Gasteiger partial charge in [0.05, 0.1) is 0 Å². The van der Waals surface area contributed by atoms with Crippen molar-refractivity contribution in [3.8, 4) is 0 Å². The Hall–Kier alpha value is -1.64.